The molecule has 0 aliphatic carbocycles. The molecule has 0 atom stereocenters. The largest absolute Gasteiger partial charge is 0.489 e. The number of hydrogen-bond donors (Lipinski definition) is 0. The number of carbonyl (C=O) groups is 1. The van der Waals surface area contributed by atoms with Gasteiger partial charge in [-0.3, -0.25) is 4.79 Å². The summed E-state index contributed by atoms with van der Waals surface area (Å²) in [6.07, 6.45) is 1.37. The number of halogens is 4. The van der Waals surface area contributed by atoms with Gasteiger partial charge in [0.2, 0.25) is 5.78 Å². The molecule has 4 nitrogen and oxygen atoms in total. The molecule has 0 fully saturated rings. The van der Waals surface area contributed by atoms with Crippen molar-refractivity contribution in [3.05, 3.63) is 93.2 Å². The molecule has 0 unspecified atom stereocenters. The molecule has 0 radical (unpaired) electrons. The minimum absolute atomic E-state index is 0.00776. The third kappa shape index (κ3) is 4.65. The van der Waals surface area contributed by atoms with E-state index in [2.05, 4.69) is 4.74 Å². The van der Waals surface area contributed by atoms with Crippen molar-refractivity contribution in [2.75, 3.05) is 0 Å². The molecule has 0 saturated carbocycles. The normalized spacial score (nSPS) is 14.0. The highest BCUT2D eigenvalue weighted by Crippen LogP contribution is 2.36. The van der Waals surface area contributed by atoms with Gasteiger partial charge >= 0.3 is 6.61 Å². The van der Waals surface area contributed by atoms with Gasteiger partial charge in [-0.2, -0.15) is 8.78 Å². The molecule has 0 amide bonds. The fourth-order valence-electron chi connectivity index (χ4n) is 3.03. The van der Waals surface area contributed by atoms with E-state index in [0.717, 1.165) is 0 Å². The molecule has 0 bridgehead atoms. The van der Waals surface area contributed by atoms with Crippen LogP contribution in [0.15, 0.2) is 66.4 Å². The first-order valence-corrected chi connectivity index (χ1v) is 9.86. The third-order valence-corrected chi connectivity index (χ3v) is 5.22. The van der Waals surface area contributed by atoms with Crippen LogP contribution < -0.4 is 14.2 Å². The van der Waals surface area contributed by atoms with E-state index in [0.29, 0.717) is 38.2 Å². The van der Waals surface area contributed by atoms with E-state index in [1.54, 1.807) is 54.6 Å². The van der Waals surface area contributed by atoms with Crippen molar-refractivity contribution in [2.24, 2.45) is 0 Å². The van der Waals surface area contributed by atoms with Gasteiger partial charge in [0, 0.05) is 27.2 Å². The van der Waals surface area contributed by atoms with Gasteiger partial charge in [0.1, 0.15) is 23.9 Å². The fraction of sp³-hybridized carbons (Fsp3) is 0.0870. The lowest BCUT2D eigenvalue weighted by atomic mass is 10.1. The molecule has 3 aromatic rings. The molecule has 158 valence electrons. The maximum absolute atomic E-state index is 12.7. The molecule has 0 spiro atoms. The Morgan fingerprint density at radius 2 is 1.74 bits per heavy atom. The van der Waals surface area contributed by atoms with Gasteiger partial charge < -0.3 is 14.2 Å². The average molecular weight is 463 g/mol. The molecule has 4 rings (SSSR count). The summed E-state index contributed by atoms with van der Waals surface area (Å²) >= 11 is 12.3. The number of hydrogen-bond acceptors (Lipinski definition) is 4. The molecule has 0 N–H and O–H groups in total. The lowest BCUT2D eigenvalue weighted by Crippen LogP contribution is -2.04. The summed E-state index contributed by atoms with van der Waals surface area (Å²) in [6, 6.07) is 16.1. The van der Waals surface area contributed by atoms with Crippen molar-refractivity contribution in [1.29, 1.82) is 0 Å². The second kappa shape index (κ2) is 8.96. The minimum Gasteiger partial charge on any atom is -0.489 e. The quantitative estimate of drug-likeness (QED) is 0.378. The summed E-state index contributed by atoms with van der Waals surface area (Å²) in [5, 5.41) is 0.963. The SMILES string of the molecule is O=C1/C(=C/c2ccccc2OC(F)F)Oc2cc(OCc3c(Cl)cccc3Cl)ccc21. The maximum Gasteiger partial charge on any atom is 0.387 e. The monoisotopic (exact) mass is 462 g/mol. The molecule has 3 aromatic carbocycles. The van der Waals surface area contributed by atoms with Crippen molar-refractivity contribution < 1.29 is 27.8 Å². The van der Waals surface area contributed by atoms with Crippen molar-refractivity contribution >= 4 is 35.1 Å². The predicted octanol–water partition coefficient (Wildman–Crippen LogP) is 6.79. The highest BCUT2D eigenvalue weighted by molar-refractivity contribution is 6.35. The zero-order valence-electron chi connectivity index (χ0n) is 15.8. The van der Waals surface area contributed by atoms with Gasteiger partial charge in [-0.1, -0.05) is 47.5 Å². The molecular formula is C23H14Cl2F2O4. The standard InChI is InChI=1S/C23H14Cl2F2O4/c24-17-5-3-6-18(25)16(17)12-29-14-8-9-15-20(11-14)30-21(22(15)28)10-13-4-1-2-7-19(13)31-23(26)27/h1-11,23H,12H2/b21-10-. The van der Waals surface area contributed by atoms with Crippen molar-refractivity contribution in [3.8, 4) is 17.2 Å². The van der Waals surface area contributed by atoms with Gasteiger partial charge in [0.15, 0.2) is 5.76 Å². The Morgan fingerprint density at radius 1 is 1.00 bits per heavy atom. The van der Waals surface area contributed by atoms with Gasteiger partial charge in [0.25, 0.3) is 0 Å². The average Bonchev–Trinajstić information content (AvgIpc) is 3.03. The second-order valence-electron chi connectivity index (χ2n) is 6.50. The number of carbonyl (C=O) groups excluding carboxylic acids is 1. The zero-order valence-corrected chi connectivity index (χ0v) is 17.3. The van der Waals surface area contributed by atoms with Crippen LogP contribution in [0.5, 0.6) is 17.2 Å². The number of ketones is 1. The lowest BCUT2D eigenvalue weighted by Gasteiger charge is -2.10. The molecule has 1 heterocycles. The maximum atomic E-state index is 12.7. The van der Waals surface area contributed by atoms with Gasteiger partial charge in [0.05, 0.1) is 5.56 Å². The lowest BCUT2D eigenvalue weighted by molar-refractivity contribution is -0.0499. The van der Waals surface area contributed by atoms with Crippen LogP contribution in [-0.2, 0) is 6.61 Å². The zero-order chi connectivity index (χ0) is 22.0. The molecule has 0 saturated heterocycles. The number of allylic oxidation sites excluding steroid dienone is 1. The third-order valence-electron chi connectivity index (χ3n) is 4.51. The number of Topliss-reactive ketones (excluding diaryl/α,β-unsaturated/α-hetero) is 1. The van der Waals surface area contributed by atoms with Crippen LogP contribution in [-0.4, -0.2) is 12.4 Å². The van der Waals surface area contributed by atoms with Crippen molar-refractivity contribution in [3.63, 3.8) is 0 Å². The van der Waals surface area contributed by atoms with E-state index >= 15 is 0 Å². The fourth-order valence-corrected chi connectivity index (χ4v) is 3.53. The van der Waals surface area contributed by atoms with Crippen LogP contribution >= 0.6 is 23.2 Å². The van der Waals surface area contributed by atoms with Gasteiger partial charge in [-0.15, -0.1) is 0 Å². The molecule has 31 heavy (non-hydrogen) atoms. The van der Waals surface area contributed by atoms with Crippen molar-refractivity contribution in [1.82, 2.24) is 0 Å². The van der Waals surface area contributed by atoms with Crippen LogP contribution in [0.2, 0.25) is 10.0 Å². The van der Waals surface area contributed by atoms with E-state index in [-0.39, 0.29) is 23.9 Å². The highest BCUT2D eigenvalue weighted by atomic mass is 35.5. The van der Waals surface area contributed by atoms with Gasteiger partial charge in [-0.25, -0.2) is 0 Å². The Hall–Kier alpha value is -3.09. The second-order valence-corrected chi connectivity index (χ2v) is 7.32. The Labute approximate surface area is 186 Å². The van der Waals surface area contributed by atoms with E-state index in [9.17, 15) is 13.6 Å². The number of ether oxygens (including phenoxy) is 3. The number of fused-ring (bicyclic) bond motifs is 1. The van der Waals surface area contributed by atoms with Crippen molar-refractivity contribution in [2.45, 2.75) is 13.2 Å². The number of para-hydroxylation sites is 1. The molecule has 1 aliphatic heterocycles. The molecule has 0 aromatic heterocycles. The van der Waals surface area contributed by atoms with E-state index in [1.807, 2.05) is 0 Å². The minimum atomic E-state index is -2.98. The van der Waals surface area contributed by atoms with E-state index in [1.165, 1.54) is 12.1 Å². The first-order chi connectivity index (χ1) is 14.9. The van der Waals surface area contributed by atoms with Crippen LogP contribution in [0, 0.1) is 0 Å². The number of alkyl halides is 2. The first-order valence-electron chi connectivity index (χ1n) is 9.10. The Balaban J connectivity index is 1.54. The van der Waals surface area contributed by atoms with Crippen LogP contribution in [0.4, 0.5) is 8.78 Å². The van der Waals surface area contributed by atoms with Gasteiger partial charge in [-0.05, 0) is 36.4 Å². The summed E-state index contributed by atoms with van der Waals surface area (Å²) in [5.74, 6) is 0.309. The summed E-state index contributed by atoms with van der Waals surface area (Å²) in [4.78, 5) is 12.7. The van der Waals surface area contributed by atoms with Crippen LogP contribution in [0.3, 0.4) is 0 Å². The Kier molecular flexibility index (Phi) is 6.11. The summed E-state index contributed by atoms with van der Waals surface area (Å²) < 4.78 is 41.1. The number of rotatable bonds is 6. The van der Waals surface area contributed by atoms with Crippen LogP contribution in [0.25, 0.3) is 6.08 Å². The van der Waals surface area contributed by atoms with E-state index in [4.69, 9.17) is 32.7 Å². The molecular weight excluding hydrogens is 449 g/mol. The molecule has 1 aliphatic rings. The Morgan fingerprint density at radius 3 is 2.48 bits per heavy atom. The summed E-state index contributed by atoms with van der Waals surface area (Å²) in [7, 11) is 0. The first kappa shape index (κ1) is 21.2. The Bertz CT molecular complexity index is 1160. The molecule has 8 heteroatoms. The van der Waals surface area contributed by atoms with E-state index < -0.39 is 6.61 Å². The smallest absolute Gasteiger partial charge is 0.387 e. The predicted molar refractivity (Wildman–Crippen MR) is 113 cm³/mol. The number of benzene rings is 3. The topological polar surface area (TPSA) is 44.8 Å². The summed E-state index contributed by atoms with van der Waals surface area (Å²) in [6.45, 7) is -2.85. The highest BCUT2D eigenvalue weighted by Gasteiger charge is 2.28. The van der Waals surface area contributed by atoms with Crippen LogP contribution in [0.1, 0.15) is 21.5 Å². The summed E-state index contributed by atoms with van der Waals surface area (Å²) in [5.41, 5.74) is 1.27.